The number of amides is 3. The van der Waals surface area contributed by atoms with Gasteiger partial charge in [0.05, 0.1) is 0 Å². The first kappa shape index (κ1) is 16.8. The number of benzene rings is 1. The SMILES string of the molecule is CCC(=O)Nc1ccc(NC(=O)N[C@@H]2C[C@H]2C2CCCCC2)cc1. The molecule has 3 N–H and O–H groups in total. The van der Waals surface area contributed by atoms with Crippen LogP contribution in [-0.2, 0) is 4.79 Å². The fraction of sp³-hybridized carbons (Fsp3) is 0.579. The molecule has 0 aromatic heterocycles. The Morgan fingerprint density at radius 3 is 2.25 bits per heavy atom. The highest BCUT2D eigenvalue weighted by atomic mass is 16.2. The van der Waals surface area contributed by atoms with Gasteiger partial charge in [-0.15, -0.1) is 0 Å². The molecule has 1 aromatic rings. The van der Waals surface area contributed by atoms with Crippen LogP contribution in [0.2, 0.25) is 0 Å². The van der Waals surface area contributed by atoms with Crippen molar-refractivity contribution in [3.8, 4) is 0 Å². The van der Waals surface area contributed by atoms with Crippen molar-refractivity contribution in [1.29, 1.82) is 0 Å². The minimum absolute atomic E-state index is 0.0176. The molecule has 0 spiro atoms. The highest BCUT2D eigenvalue weighted by Gasteiger charge is 2.43. The average molecular weight is 329 g/mol. The third kappa shape index (κ3) is 4.49. The number of nitrogens with one attached hydrogen (secondary N) is 3. The molecule has 2 saturated carbocycles. The van der Waals surface area contributed by atoms with Crippen LogP contribution in [0.15, 0.2) is 24.3 Å². The van der Waals surface area contributed by atoms with Crippen LogP contribution in [-0.4, -0.2) is 18.0 Å². The summed E-state index contributed by atoms with van der Waals surface area (Å²) in [4.78, 5) is 23.5. The Kier molecular flexibility index (Phi) is 5.38. The van der Waals surface area contributed by atoms with Gasteiger partial charge in [0.2, 0.25) is 5.91 Å². The van der Waals surface area contributed by atoms with Crippen molar-refractivity contribution in [3.63, 3.8) is 0 Å². The molecule has 0 heterocycles. The molecule has 24 heavy (non-hydrogen) atoms. The van der Waals surface area contributed by atoms with Gasteiger partial charge in [-0.1, -0.05) is 39.0 Å². The van der Waals surface area contributed by atoms with E-state index in [0.717, 1.165) is 23.7 Å². The molecule has 5 nitrogen and oxygen atoms in total. The molecule has 0 saturated heterocycles. The van der Waals surface area contributed by atoms with E-state index in [2.05, 4.69) is 16.0 Å². The molecule has 3 rings (SSSR count). The fourth-order valence-corrected chi connectivity index (χ4v) is 3.69. The van der Waals surface area contributed by atoms with Gasteiger partial charge < -0.3 is 16.0 Å². The summed E-state index contributed by atoms with van der Waals surface area (Å²) in [6, 6.07) is 7.41. The topological polar surface area (TPSA) is 70.2 Å². The number of urea groups is 1. The third-order valence-electron chi connectivity index (χ3n) is 5.16. The maximum atomic E-state index is 12.1. The van der Waals surface area contributed by atoms with Crippen LogP contribution in [0.5, 0.6) is 0 Å². The lowest BCUT2D eigenvalue weighted by Crippen LogP contribution is -2.32. The first-order valence-corrected chi connectivity index (χ1v) is 9.13. The van der Waals surface area contributed by atoms with E-state index < -0.39 is 0 Å². The molecule has 3 amide bonds. The summed E-state index contributed by atoms with van der Waals surface area (Å²) in [6.07, 6.45) is 8.30. The molecule has 1 aromatic carbocycles. The van der Waals surface area contributed by atoms with Crippen LogP contribution in [0.25, 0.3) is 0 Å². The zero-order valence-corrected chi connectivity index (χ0v) is 14.3. The van der Waals surface area contributed by atoms with Gasteiger partial charge in [0.15, 0.2) is 0 Å². The first-order valence-electron chi connectivity index (χ1n) is 9.13. The molecule has 0 unspecified atom stereocenters. The fourth-order valence-electron chi connectivity index (χ4n) is 3.69. The van der Waals surface area contributed by atoms with Crippen LogP contribution in [0, 0.1) is 11.8 Å². The monoisotopic (exact) mass is 329 g/mol. The molecule has 5 heteroatoms. The quantitative estimate of drug-likeness (QED) is 0.760. The second-order valence-corrected chi connectivity index (χ2v) is 6.98. The van der Waals surface area contributed by atoms with Gasteiger partial charge in [0.25, 0.3) is 0 Å². The molecule has 2 atom stereocenters. The summed E-state index contributed by atoms with van der Waals surface area (Å²) in [5.41, 5.74) is 1.48. The summed E-state index contributed by atoms with van der Waals surface area (Å²) in [5.74, 6) is 1.48. The molecule has 2 fully saturated rings. The van der Waals surface area contributed by atoms with Gasteiger partial charge in [-0.25, -0.2) is 4.79 Å². The van der Waals surface area contributed by atoms with E-state index in [1.807, 2.05) is 6.92 Å². The van der Waals surface area contributed by atoms with E-state index in [9.17, 15) is 9.59 Å². The molecule has 0 bridgehead atoms. The van der Waals surface area contributed by atoms with Crippen LogP contribution in [0.3, 0.4) is 0 Å². The van der Waals surface area contributed by atoms with Crippen LogP contribution >= 0.6 is 0 Å². The van der Waals surface area contributed by atoms with Gasteiger partial charge in [-0.2, -0.15) is 0 Å². The zero-order chi connectivity index (χ0) is 16.9. The van der Waals surface area contributed by atoms with Crippen LogP contribution in [0.1, 0.15) is 51.9 Å². The number of rotatable bonds is 5. The average Bonchev–Trinajstić information content (AvgIpc) is 3.36. The van der Waals surface area contributed by atoms with Crippen molar-refractivity contribution in [2.75, 3.05) is 10.6 Å². The van der Waals surface area contributed by atoms with E-state index in [-0.39, 0.29) is 11.9 Å². The van der Waals surface area contributed by atoms with Crippen molar-refractivity contribution >= 4 is 23.3 Å². The Hall–Kier alpha value is -2.04. The lowest BCUT2D eigenvalue weighted by molar-refractivity contribution is -0.115. The van der Waals surface area contributed by atoms with E-state index >= 15 is 0 Å². The maximum absolute atomic E-state index is 12.1. The summed E-state index contributed by atoms with van der Waals surface area (Å²) in [7, 11) is 0. The molecule has 0 radical (unpaired) electrons. The Morgan fingerprint density at radius 1 is 1.00 bits per heavy atom. The van der Waals surface area contributed by atoms with Crippen molar-refractivity contribution in [2.24, 2.45) is 11.8 Å². The highest BCUT2D eigenvalue weighted by Crippen LogP contribution is 2.44. The number of anilines is 2. The second kappa shape index (κ2) is 7.69. The number of hydrogen-bond donors (Lipinski definition) is 3. The van der Waals surface area contributed by atoms with E-state index in [4.69, 9.17) is 0 Å². The predicted octanol–water partition coefficient (Wildman–Crippen LogP) is 4.13. The summed E-state index contributed by atoms with van der Waals surface area (Å²) < 4.78 is 0. The van der Waals surface area contributed by atoms with E-state index in [1.54, 1.807) is 24.3 Å². The van der Waals surface area contributed by atoms with Crippen molar-refractivity contribution in [3.05, 3.63) is 24.3 Å². The lowest BCUT2D eigenvalue weighted by Gasteiger charge is -2.21. The summed E-state index contributed by atoms with van der Waals surface area (Å²) >= 11 is 0. The zero-order valence-electron chi connectivity index (χ0n) is 14.3. The number of hydrogen-bond acceptors (Lipinski definition) is 2. The van der Waals surface area contributed by atoms with Gasteiger partial charge in [-0.05, 0) is 42.5 Å². The molecule has 2 aliphatic rings. The van der Waals surface area contributed by atoms with Crippen molar-refractivity contribution in [2.45, 2.75) is 57.9 Å². The highest BCUT2D eigenvalue weighted by molar-refractivity contribution is 5.92. The van der Waals surface area contributed by atoms with Gasteiger partial charge in [0.1, 0.15) is 0 Å². The van der Waals surface area contributed by atoms with E-state index in [1.165, 1.54) is 32.1 Å². The molecular formula is C19H27N3O2. The summed E-state index contributed by atoms with van der Waals surface area (Å²) in [6.45, 7) is 1.81. The largest absolute Gasteiger partial charge is 0.335 e. The smallest absolute Gasteiger partial charge is 0.319 e. The first-order chi connectivity index (χ1) is 11.7. The molecular weight excluding hydrogens is 302 g/mol. The Labute approximate surface area is 143 Å². The standard InChI is InChI=1S/C19H27N3O2/c1-2-18(23)20-14-8-10-15(11-9-14)21-19(24)22-17-12-16(17)13-6-4-3-5-7-13/h8-11,13,16-17H,2-7,12H2,1H3,(H,20,23)(H2,21,22,24)/t16-,17+/m0/s1. The number of carbonyl (C=O) groups excluding carboxylic acids is 2. The van der Waals surface area contributed by atoms with E-state index in [0.29, 0.717) is 18.4 Å². The lowest BCUT2D eigenvalue weighted by atomic mass is 9.85. The molecule has 0 aliphatic heterocycles. The number of carbonyl (C=O) groups is 2. The van der Waals surface area contributed by atoms with Crippen LogP contribution in [0.4, 0.5) is 16.2 Å². The van der Waals surface area contributed by atoms with Gasteiger partial charge in [-0.3, -0.25) is 4.79 Å². The Bertz CT molecular complexity index is 579. The Balaban J connectivity index is 1.43. The predicted molar refractivity (Wildman–Crippen MR) is 96.0 cm³/mol. The molecule has 130 valence electrons. The normalized spacial score (nSPS) is 23.4. The van der Waals surface area contributed by atoms with Crippen molar-refractivity contribution < 1.29 is 9.59 Å². The van der Waals surface area contributed by atoms with Gasteiger partial charge in [0, 0.05) is 23.8 Å². The maximum Gasteiger partial charge on any atom is 0.319 e. The third-order valence-corrected chi connectivity index (χ3v) is 5.16. The summed E-state index contributed by atoms with van der Waals surface area (Å²) in [5, 5.41) is 8.74. The van der Waals surface area contributed by atoms with Gasteiger partial charge >= 0.3 is 6.03 Å². The van der Waals surface area contributed by atoms with Crippen LogP contribution < -0.4 is 16.0 Å². The molecule has 2 aliphatic carbocycles. The minimum Gasteiger partial charge on any atom is -0.335 e. The minimum atomic E-state index is -0.136. The Morgan fingerprint density at radius 2 is 1.62 bits per heavy atom. The second-order valence-electron chi connectivity index (χ2n) is 6.98. The van der Waals surface area contributed by atoms with Crippen molar-refractivity contribution in [1.82, 2.24) is 5.32 Å².